The monoisotopic (exact) mass is 444 g/mol. The maximum Gasteiger partial charge on any atom is 0.249 e. The van der Waals surface area contributed by atoms with Gasteiger partial charge in [0.15, 0.2) is 0 Å². The third-order valence-electron chi connectivity index (χ3n) is 5.97. The molecule has 9 heteroatoms. The average molecular weight is 444 g/mol. The van der Waals surface area contributed by atoms with Gasteiger partial charge in [-0.25, -0.2) is 0 Å². The van der Waals surface area contributed by atoms with Gasteiger partial charge in [0, 0.05) is 17.5 Å². The summed E-state index contributed by atoms with van der Waals surface area (Å²) in [6.07, 6.45) is -5.72. The summed E-state index contributed by atoms with van der Waals surface area (Å²) in [7, 11) is 0. The fourth-order valence-electron chi connectivity index (χ4n) is 4.13. The van der Waals surface area contributed by atoms with E-state index in [1.165, 1.54) is 6.07 Å². The summed E-state index contributed by atoms with van der Waals surface area (Å²) in [5.74, 6) is -1.34. The van der Waals surface area contributed by atoms with Crippen molar-refractivity contribution < 1.29 is 34.8 Å². The lowest BCUT2D eigenvalue weighted by atomic mass is 9.88. The normalized spacial score (nSPS) is 25.5. The summed E-state index contributed by atoms with van der Waals surface area (Å²) in [6.45, 7) is 3.10. The van der Waals surface area contributed by atoms with Crippen molar-refractivity contribution in [1.82, 2.24) is 0 Å². The minimum atomic E-state index is -1.43. The molecule has 0 spiro atoms. The third-order valence-corrected chi connectivity index (χ3v) is 5.97. The second kappa shape index (κ2) is 9.35. The molecule has 0 bridgehead atoms. The van der Waals surface area contributed by atoms with Crippen LogP contribution in [0.4, 0.5) is 0 Å². The van der Waals surface area contributed by atoms with E-state index in [1.807, 2.05) is 19.1 Å². The van der Waals surface area contributed by atoms with Gasteiger partial charge in [-0.1, -0.05) is 18.2 Å². The molecule has 0 unspecified atom stereocenters. The Hall–Kier alpha value is -2.82. The summed E-state index contributed by atoms with van der Waals surface area (Å²) >= 11 is 0. The number of benzene rings is 2. The maximum absolute atomic E-state index is 11.8. The van der Waals surface area contributed by atoms with Crippen LogP contribution in [0, 0.1) is 13.8 Å². The van der Waals surface area contributed by atoms with Gasteiger partial charge in [-0.2, -0.15) is 0 Å². The van der Waals surface area contributed by atoms with Crippen LogP contribution in [0.25, 0.3) is 11.1 Å². The fraction of sp³-hybridized carbons (Fsp3) is 0.391. The lowest BCUT2D eigenvalue weighted by Gasteiger charge is -2.40. The Labute approximate surface area is 185 Å². The Morgan fingerprint density at radius 1 is 0.906 bits per heavy atom. The Bertz CT molecular complexity index is 1040. The molecule has 9 nitrogen and oxygen atoms in total. The highest BCUT2D eigenvalue weighted by atomic mass is 16.5. The van der Waals surface area contributed by atoms with Gasteiger partial charge >= 0.3 is 0 Å². The van der Waals surface area contributed by atoms with Crippen LogP contribution < -0.4 is 11.5 Å². The molecule has 5 atom stereocenters. The highest BCUT2D eigenvalue weighted by Gasteiger charge is 2.43. The zero-order chi connectivity index (χ0) is 23.7. The van der Waals surface area contributed by atoms with Crippen LogP contribution in [0.15, 0.2) is 30.3 Å². The number of hydrogen-bond acceptors (Lipinski definition) is 7. The van der Waals surface area contributed by atoms with Gasteiger partial charge < -0.3 is 36.6 Å². The predicted octanol–water partition coefficient (Wildman–Crippen LogP) is -0.447. The van der Waals surface area contributed by atoms with Crippen LogP contribution in [-0.2, 0) is 11.2 Å². The quantitative estimate of drug-likeness (QED) is 0.350. The van der Waals surface area contributed by atoms with Crippen LogP contribution in [0.5, 0.6) is 0 Å². The molecule has 32 heavy (non-hydrogen) atoms. The first-order valence-corrected chi connectivity index (χ1v) is 10.2. The molecule has 1 saturated heterocycles. The fourth-order valence-corrected chi connectivity index (χ4v) is 4.13. The van der Waals surface area contributed by atoms with Crippen LogP contribution in [-0.4, -0.2) is 69.4 Å². The SMILES string of the molecule is Cc1cc(C[C@H]2O[C@H](CO)[C@@H](O)[C@H](O)[C@@H]2O)ccc1-c1cc(C(N)=O)cc(C(N)=O)c1C. The van der Waals surface area contributed by atoms with Crippen molar-refractivity contribution in [3.8, 4) is 11.1 Å². The van der Waals surface area contributed by atoms with Crippen molar-refractivity contribution in [2.45, 2.75) is 50.8 Å². The summed E-state index contributed by atoms with van der Waals surface area (Å²) in [6, 6.07) is 8.46. The number of carbonyl (C=O) groups excluding carboxylic acids is 2. The largest absolute Gasteiger partial charge is 0.394 e. The van der Waals surface area contributed by atoms with E-state index in [0.717, 1.165) is 16.7 Å². The number of aryl methyl sites for hydroxylation is 1. The van der Waals surface area contributed by atoms with E-state index in [9.17, 15) is 30.0 Å². The molecular formula is C23H28N2O7. The Kier molecular flexibility index (Phi) is 6.97. The average Bonchev–Trinajstić information content (AvgIpc) is 2.74. The highest BCUT2D eigenvalue weighted by molar-refractivity contribution is 6.02. The Morgan fingerprint density at radius 3 is 2.12 bits per heavy atom. The second-order valence-corrected chi connectivity index (χ2v) is 8.15. The molecule has 1 heterocycles. The number of rotatable bonds is 6. The van der Waals surface area contributed by atoms with E-state index in [2.05, 4.69) is 0 Å². The zero-order valence-corrected chi connectivity index (χ0v) is 17.9. The molecule has 1 aliphatic rings. The number of hydrogen-bond donors (Lipinski definition) is 6. The van der Waals surface area contributed by atoms with E-state index in [0.29, 0.717) is 11.1 Å². The van der Waals surface area contributed by atoms with Gasteiger partial charge in [-0.15, -0.1) is 0 Å². The van der Waals surface area contributed by atoms with Crippen molar-refractivity contribution in [3.05, 3.63) is 58.1 Å². The van der Waals surface area contributed by atoms with Gasteiger partial charge in [-0.3, -0.25) is 9.59 Å². The molecule has 0 saturated carbocycles. The van der Waals surface area contributed by atoms with E-state index < -0.39 is 48.9 Å². The molecule has 2 aromatic rings. The first-order chi connectivity index (χ1) is 15.0. The van der Waals surface area contributed by atoms with Crippen LogP contribution >= 0.6 is 0 Å². The summed E-state index contributed by atoms with van der Waals surface area (Å²) < 4.78 is 5.58. The van der Waals surface area contributed by atoms with E-state index >= 15 is 0 Å². The molecule has 2 aromatic carbocycles. The highest BCUT2D eigenvalue weighted by Crippen LogP contribution is 2.32. The molecule has 0 aliphatic carbocycles. The summed E-state index contributed by atoms with van der Waals surface area (Å²) in [5.41, 5.74) is 14.9. The van der Waals surface area contributed by atoms with Gasteiger partial charge in [0.05, 0.1) is 12.7 Å². The predicted molar refractivity (Wildman–Crippen MR) is 116 cm³/mol. The second-order valence-electron chi connectivity index (χ2n) is 8.15. The molecule has 8 N–H and O–H groups in total. The minimum absolute atomic E-state index is 0.171. The van der Waals surface area contributed by atoms with Crippen LogP contribution in [0.3, 0.4) is 0 Å². The van der Waals surface area contributed by atoms with Gasteiger partial charge in [-0.05, 0) is 53.8 Å². The minimum Gasteiger partial charge on any atom is -0.394 e. The van der Waals surface area contributed by atoms with Crippen molar-refractivity contribution in [1.29, 1.82) is 0 Å². The standard InChI is InChI=1S/C23H28N2O7/c1-10-5-12(6-17-19(27)21(29)20(28)18(9-26)32-17)3-4-14(10)15-7-13(22(24)30)8-16(11(15)2)23(25)31/h3-5,7-8,17-21,26-29H,6,9H2,1-2H3,(H2,24,30)(H2,25,31)/t17-,18-,19-,20-,21-/m1/s1. The molecule has 1 fully saturated rings. The van der Waals surface area contributed by atoms with Crippen LogP contribution in [0.2, 0.25) is 0 Å². The van der Waals surface area contributed by atoms with Gasteiger partial charge in [0.2, 0.25) is 11.8 Å². The molecule has 3 rings (SSSR count). The Morgan fingerprint density at radius 2 is 1.56 bits per heavy atom. The Balaban J connectivity index is 1.94. The lowest BCUT2D eigenvalue weighted by molar-refractivity contribution is -0.228. The topological polar surface area (TPSA) is 176 Å². The molecule has 0 radical (unpaired) electrons. The van der Waals surface area contributed by atoms with E-state index in [4.69, 9.17) is 16.2 Å². The van der Waals surface area contributed by atoms with Gasteiger partial charge in [0.1, 0.15) is 24.4 Å². The van der Waals surface area contributed by atoms with Crippen molar-refractivity contribution in [2.75, 3.05) is 6.61 Å². The van der Waals surface area contributed by atoms with Crippen molar-refractivity contribution in [3.63, 3.8) is 0 Å². The number of aliphatic hydroxyl groups excluding tert-OH is 4. The first kappa shape index (κ1) is 23.8. The third kappa shape index (κ3) is 4.52. The first-order valence-electron chi connectivity index (χ1n) is 10.2. The number of amides is 2. The smallest absolute Gasteiger partial charge is 0.249 e. The van der Waals surface area contributed by atoms with E-state index in [-0.39, 0.29) is 17.5 Å². The molecule has 0 aromatic heterocycles. The van der Waals surface area contributed by atoms with Crippen molar-refractivity contribution >= 4 is 11.8 Å². The summed E-state index contributed by atoms with van der Waals surface area (Å²) in [4.78, 5) is 23.6. The van der Waals surface area contributed by atoms with Crippen molar-refractivity contribution in [2.24, 2.45) is 11.5 Å². The number of primary amides is 2. The number of ether oxygens (including phenoxy) is 1. The molecule has 172 valence electrons. The molecular weight excluding hydrogens is 416 g/mol. The number of carbonyl (C=O) groups is 2. The molecule has 1 aliphatic heterocycles. The lowest BCUT2D eigenvalue weighted by Crippen LogP contribution is -2.59. The maximum atomic E-state index is 11.8. The zero-order valence-electron chi connectivity index (χ0n) is 17.9. The number of aliphatic hydroxyl groups is 4. The van der Waals surface area contributed by atoms with Gasteiger partial charge in [0.25, 0.3) is 0 Å². The number of nitrogens with two attached hydrogens (primary N) is 2. The summed E-state index contributed by atoms with van der Waals surface area (Å²) in [5, 5.41) is 39.6. The van der Waals surface area contributed by atoms with E-state index in [1.54, 1.807) is 19.1 Å². The molecule has 2 amide bonds. The van der Waals surface area contributed by atoms with Crippen LogP contribution in [0.1, 0.15) is 37.4 Å².